The van der Waals surface area contributed by atoms with Crippen LogP contribution in [0.3, 0.4) is 0 Å². The van der Waals surface area contributed by atoms with E-state index in [0.717, 1.165) is 32.4 Å². The van der Waals surface area contributed by atoms with E-state index in [9.17, 15) is 0 Å². The number of benzene rings is 4. The summed E-state index contributed by atoms with van der Waals surface area (Å²) in [5, 5.41) is 5.34. The molecule has 0 bridgehead atoms. The summed E-state index contributed by atoms with van der Waals surface area (Å²) in [4.78, 5) is 2.48. The van der Waals surface area contributed by atoms with E-state index in [4.69, 9.17) is 4.74 Å². The van der Waals surface area contributed by atoms with Gasteiger partial charge in [-0.15, -0.1) is 0 Å². The van der Waals surface area contributed by atoms with Gasteiger partial charge in [0.05, 0.1) is 12.0 Å². The Morgan fingerprint density at radius 1 is 0.787 bits per heavy atom. The minimum Gasteiger partial charge on any atom is -0.383 e. The van der Waals surface area contributed by atoms with Crippen LogP contribution in [0.1, 0.15) is 71.4 Å². The fourth-order valence-corrected chi connectivity index (χ4v) is 8.47. The molecule has 0 N–H and O–H groups in total. The third kappa shape index (κ3) is 5.39. The molecule has 0 saturated heterocycles. The van der Waals surface area contributed by atoms with E-state index in [1.54, 1.807) is 7.11 Å². The van der Waals surface area contributed by atoms with Crippen molar-refractivity contribution < 1.29 is 9.31 Å². The molecule has 4 aromatic rings. The fourth-order valence-electron chi connectivity index (χ4n) is 8.47. The summed E-state index contributed by atoms with van der Waals surface area (Å²) in [7, 11) is 1.79. The first-order valence-electron chi connectivity index (χ1n) is 17.5. The van der Waals surface area contributed by atoms with Gasteiger partial charge in [0.1, 0.15) is 6.54 Å². The van der Waals surface area contributed by atoms with Gasteiger partial charge in [0.2, 0.25) is 5.69 Å². The van der Waals surface area contributed by atoms with Crippen LogP contribution in [0.5, 0.6) is 0 Å². The zero-order valence-electron chi connectivity index (χ0n) is 29.1. The molecular formula is C44H49N2O+. The highest BCUT2D eigenvalue weighted by molar-refractivity contribution is 6.07. The molecule has 0 atom stereocenters. The van der Waals surface area contributed by atoms with Crippen LogP contribution in [-0.4, -0.2) is 37.1 Å². The second-order valence-electron chi connectivity index (χ2n) is 14.5. The van der Waals surface area contributed by atoms with Crippen molar-refractivity contribution in [2.75, 3.05) is 31.7 Å². The number of ether oxygens (including phenoxy) is 1. The summed E-state index contributed by atoms with van der Waals surface area (Å²) in [5.41, 5.74) is 10.9. The first-order chi connectivity index (χ1) is 22.8. The molecule has 7 rings (SSSR count). The van der Waals surface area contributed by atoms with E-state index >= 15 is 0 Å². The van der Waals surface area contributed by atoms with Gasteiger partial charge >= 0.3 is 0 Å². The van der Waals surface area contributed by atoms with Crippen molar-refractivity contribution in [3.05, 3.63) is 131 Å². The molecule has 0 radical (unpaired) electrons. The van der Waals surface area contributed by atoms with Gasteiger partial charge in [0.15, 0.2) is 5.71 Å². The van der Waals surface area contributed by atoms with E-state index in [1.807, 2.05) is 0 Å². The molecule has 0 spiro atoms. The predicted octanol–water partition coefficient (Wildman–Crippen LogP) is 10.7. The van der Waals surface area contributed by atoms with Crippen molar-refractivity contribution in [1.82, 2.24) is 0 Å². The average molecular weight is 622 g/mol. The van der Waals surface area contributed by atoms with Gasteiger partial charge in [-0.25, -0.2) is 0 Å². The smallest absolute Gasteiger partial charge is 0.210 e. The van der Waals surface area contributed by atoms with Crippen LogP contribution in [0.2, 0.25) is 0 Å². The Balaban J connectivity index is 1.23. The van der Waals surface area contributed by atoms with Gasteiger partial charge < -0.3 is 9.64 Å². The van der Waals surface area contributed by atoms with E-state index in [0.29, 0.717) is 6.61 Å². The molecule has 1 aliphatic carbocycles. The quantitative estimate of drug-likeness (QED) is 0.182. The summed E-state index contributed by atoms with van der Waals surface area (Å²) < 4.78 is 8.14. The number of hydrogen-bond acceptors (Lipinski definition) is 2. The zero-order chi connectivity index (χ0) is 32.8. The number of allylic oxidation sites excluding steroid dienone is 8. The van der Waals surface area contributed by atoms with Crippen molar-refractivity contribution in [3.8, 4) is 0 Å². The zero-order valence-corrected chi connectivity index (χ0v) is 29.1. The fraction of sp³-hybridized carbons (Fsp3) is 0.341. The molecule has 2 heterocycles. The molecule has 0 saturated carbocycles. The molecule has 0 unspecified atom stereocenters. The van der Waals surface area contributed by atoms with Crippen LogP contribution in [0.25, 0.3) is 21.5 Å². The maximum absolute atomic E-state index is 5.57. The third-order valence-corrected chi connectivity index (χ3v) is 10.7. The largest absolute Gasteiger partial charge is 0.383 e. The van der Waals surface area contributed by atoms with Crippen molar-refractivity contribution in [2.45, 2.75) is 71.1 Å². The Hall–Kier alpha value is -4.21. The minimum absolute atomic E-state index is 0.0704. The first kappa shape index (κ1) is 31.4. The molecule has 3 nitrogen and oxygen atoms in total. The first-order valence-corrected chi connectivity index (χ1v) is 17.5. The summed E-state index contributed by atoms with van der Waals surface area (Å²) >= 11 is 0. The van der Waals surface area contributed by atoms with Crippen LogP contribution in [0, 0.1) is 0 Å². The van der Waals surface area contributed by atoms with Gasteiger partial charge in [-0.1, -0.05) is 93.6 Å². The standard InChI is InChI=1S/C44H49N2O/c1-7-27-45-37-23-21-33-15-8-10-17-35(33)41(37)43(2,3)39(45)25-19-31-13-12-14-32(30-31)20-26-40-44(4,5)42-36-18-11-9-16-34(36)22-24-38(42)46(40)28-29-47-6/h8-11,15-26,30H,7,12-14,27-29H2,1-6H3/q+1. The maximum atomic E-state index is 5.57. The van der Waals surface area contributed by atoms with Gasteiger partial charge in [0.25, 0.3) is 0 Å². The van der Waals surface area contributed by atoms with Crippen LogP contribution < -0.4 is 4.90 Å². The number of anilines is 1. The lowest BCUT2D eigenvalue weighted by molar-refractivity contribution is -0.437. The maximum Gasteiger partial charge on any atom is 0.210 e. The highest BCUT2D eigenvalue weighted by Gasteiger charge is 2.45. The lowest BCUT2D eigenvalue weighted by atomic mass is 9.79. The van der Waals surface area contributed by atoms with E-state index in [1.165, 1.54) is 73.0 Å². The van der Waals surface area contributed by atoms with Gasteiger partial charge in [0, 0.05) is 54.6 Å². The molecule has 0 aromatic heterocycles. The van der Waals surface area contributed by atoms with Gasteiger partial charge in [-0.05, 0) is 89.6 Å². The Morgan fingerprint density at radius 3 is 2.21 bits per heavy atom. The molecule has 240 valence electrons. The molecule has 0 fully saturated rings. The van der Waals surface area contributed by atoms with Crippen molar-refractivity contribution in [1.29, 1.82) is 0 Å². The predicted molar refractivity (Wildman–Crippen MR) is 200 cm³/mol. The molecular weight excluding hydrogens is 572 g/mol. The van der Waals surface area contributed by atoms with Crippen LogP contribution in [0.4, 0.5) is 11.4 Å². The van der Waals surface area contributed by atoms with Crippen LogP contribution in [0.15, 0.2) is 120 Å². The summed E-state index contributed by atoms with van der Waals surface area (Å²) in [6.07, 6.45) is 16.6. The number of hydrogen-bond donors (Lipinski definition) is 0. The van der Waals surface area contributed by atoms with E-state index in [-0.39, 0.29) is 10.8 Å². The highest BCUT2D eigenvalue weighted by atomic mass is 16.5. The molecule has 3 heteroatoms. The highest BCUT2D eigenvalue weighted by Crippen LogP contribution is 2.51. The van der Waals surface area contributed by atoms with Gasteiger partial charge in [-0.2, -0.15) is 4.58 Å². The molecule has 3 aliphatic rings. The van der Waals surface area contributed by atoms with Gasteiger partial charge in [-0.3, -0.25) is 0 Å². The molecule has 2 aliphatic heterocycles. The Kier molecular flexibility index (Phi) is 8.30. The monoisotopic (exact) mass is 621 g/mol. The second kappa shape index (κ2) is 12.4. The summed E-state index contributed by atoms with van der Waals surface area (Å²) in [6.45, 7) is 14.4. The van der Waals surface area contributed by atoms with Crippen LogP contribution in [-0.2, 0) is 15.6 Å². The lowest BCUT2D eigenvalue weighted by Crippen LogP contribution is -2.28. The number of fused-ring (bicyclic) bond motifs is 6. The molecule has 47 heavy (non-hydrogen) atoms. The van der Waals surface area contributed by atoms with Crippen LogP contribution >= 0.6 is 0 Å². The van der Waals surface area contributed by atoms with Crippen molar-refractivity contribution >= 4 is 38.6 Å². The Bertz CT molecular complexity index is 2020. The average Bonchev–Trinajstić information content (AvgIpc) is 3.43. The Labute approximate surface area is 281 Å². The molecule has 4 aromatic carbocycles. The minimum atomic E-state index is -0.116. The third-order valence-electron chi connectivity index (χ3n) is 10.7. The topological polar surface area (TPSA) is 15.5 Å². The SMILES string of the molecule is CCC[N+]1=C(/C=C/C2=CC(=C/C=C3\N(CCOC)c4ccc5ccccc5c4C3(C)C)/CCC2)C(C)(C)c2c1ccc1ccccc21. The summed E-state index contributed by atoms with van der Waals surface area (Å²) in [5.74, 6) is 0. The second-order valence-corrected chi connectivity index (χ2v) is 14.5. The molecule has 0 amide bonds. The Morgan fingerprint density at radius 2 is 1.49 bits per heavy atom. The van der Waals surface area contributed by atoms with E-state index < -0.39 is 0 Å². The number of methoxy groups -OCH3 is 1. The normalized spacial score (nSPS) is 20.2. The van der Waals surface area contributed by atoms with E-state index in [2.05, 4.69) is 147 Å². The number of nitrogens with zero attached hydrogens (tertiary/aromatic N) is 2. The van der Waals surface area contributed by atoms with Crippen molar-refractivity contribution in [2.24, 2.45) is 0 Å². The van der Waals surface area contributed by atoms with Crippen molar-refractivity contribution in [3.63, 3.8) is 0 Å². The number of rotatable bonds is 8. The summed E-state index contributed by atoms with van der Waals surface area (Å²) in [6, 6.07) is 26.9. The lowest BCUT2D eigenvalue weighted by Gasteiger charge is -2.27.